The van der Waals surface area contributed by atoms with E-state index in [1.807, 2.05) is 6.26 Å². The second-order valence-corrected chi connectivity index (χ2v) is 26.0. The summed E-state index contributed by atoms with van der Waals surface area (Å²) in [7, 11) is 0. The molecule has 1 aromatic heterocycles. The number of quaternary nitrogens is 2. The van der Waals surface area contributed by atoms with Crippen LogP contribution in [0.25, 0.3) is 0 Å². The van der Waals surface area contributed by atoms with E-state index >= 15 is 0 Å². The number of aliphatic hydroxyl groups excluding tert-OH is 1. The van der Waals surface area contributed by atoms with Crippen LogP contribution in [-0.4, -0.2) is 249 Å². The van der Waals surface area contributed by atoms with E-state index in [1.54, 1.807) is 13.8 Å². The van der Waals surface area contributed by atoms with E-state index in [2.05, 4.69) is 74.0 Å². The molecule has 3 aliphatic rings. The number of nitrogens with zero attached hydrogens (tertiary/aromatic N) is 4. The third-order valence-electron chi connectivity index (χ3n) is 16.9. The Morgan fingerprint density at radius 3 is 1.65 bits per heavy atom. The molecule has 37 nitrogen and oxygen atoms in total. The zero-order valence-corrected chi connectivity index (χ0v) is 57.2. The number of carboxylic acids is 1. The largest absolute Gasteiger partial charge is 0.548 e. The third kappa shape index (κ3) is 26.8. The van der Waals surface area contributed by atoms with Crippen LogP contribution >= 0.6 is 11.8 Å². The molecule has 11 atom stereocenters. The summed E-state index contributed by atoms with van der Waals surface area (Å²) in [5.74, 6) is -10.3. The van der Waals surface area contributed by atoms with Crippen molar-refractivity contribution in [2.45, 2.75) is 196 Å². The summed E-state index contributed by atoms with van der Waals surface area (Å²) < 4.78 is 0. The molecule has 38 heteroatoms. The van der Waals surface area contributed by atoms with Crippen molar-refractivity contribution in [3.63, 3.8) is 0 Å². The average Bonchev–Trinajstić information content (AvgIpc) is 1.63. The van der Waals surface area contributed by atoms with Crippen molar-refractivity contribution in [1.82, 2.24) is 67.2 Å². The lowest BCUT2D eigenvalue weighted by Gasteiger charge is -2.31. The molecule has 4 rings (SSSR count). The van der Waals surface area contributed by atoms with Gasteiger partial charge in [0.1, 0.15) is 54.4 Å². The lowest BCUT2D eigenvalue weighted by Crippen LogP contribution is -2.78. The number of H-pyrrole nitrogens is 1. The zero-order chi connectivity index (χ0) is 72.6. The summed E-state index contributed by atoms with van der Waals surface area (Å²) in [6.45, 7) is 3.18. The first-order valence-corrected chi connectivity index (χ1v) is 34.7. The number of likely N-dealkylation sites (tertiary alicyclic amines) is 3. The SMILES string of the molecule is CSCC[C@H](NC(=O)[C@@H]1CCCN1C(=O)CNC(=O)[C@H](CCCC[NH3+])NC(=O)[C@H](Cc1cnc[nH]1)NC(=O)[C@H](CO)NC(=O)[C@H](CC(C)C)NC(=O)[C@H](CCC[NH+]=C(N)N)NC(=O)[C@@H]1CCCN1C(=O)[C@H](CCC[NH+]=C(N)N)NC(=O)[C@@H]([NH3+])CCC(N)=O)C(=O)N1CCC[C@H]1C(=O)[O-]. The lowest BCUT2D eigenvalue weighted by molar-refractivity contribution is -0.460. The number of aromatic amines is 1. The number of rotatable bonds is 43. The van der Waals surface area contributed by atoms with Crippen molar-refractivity contribution in [2.24, 2.45) is 34.6 Å². The summed E-state index contributed by atoms with van der Waals surface area (Å²) >= 11 is 1.43. The normalized spacial score (nSPS) is 18.3. The second kappa shape index (κ2) is 42.0. The van der Waals surface area contributed by atoms with Crippen LogP contribution in [0.4, 0.5) is 0 Å². The van der Waals surface area contributed by atoms with Crippen LogP contribution in [0, 0.1) is 5.92 Å². The van der Waals surface area contributed by atoms with Crippen LogP contribution in [0.3, 0.4) is 0 Å². The Hall–Kier alpha value is -8.91. The predicted octanol–water partition coefficient (Wildman–Crippen LogP) is -13.5. The topological polar surface area (TPSA) is 613 Å². The van der Waals surface area contributed by atoms with Gasteiger partial charge in [-0.2, -0.15) is 11.8 Å². The van der Waals surface area contributed by atoms with Gasteiger partial charge in [0.05, 0.1) is 51.1 Å². The number of unbranched alkanes of at least 4 members (excludes halogenated alkanes) is 1. The first-order valence-electron chi connectivity index (χ1n) is 33.3. The van der Waals surface area contributed by atoms with E-state index in [0.29, 0.717) is 50.1 Å². The van der Waals surface area contributed by atoms with Gasteiger partial charge in [-0.25, -0.2) is 4.98 Å². The summed E-state index contributed by atoms with van der Waals surface area (Å²) in [5.41, 5.74) is 35.6. The number of aliphatic carboxylic acids is 1. The number of guanidine groups is 2. The predicted molar refractivity (Wildman–Crippen MR) is 351 cm³/mol. The van der Waals surface area contributed by atoms with Crippen molar-refractivity contribution in [2.75, 3.05) is 64.4 Å². The van der Waals surface area contributed by atoms with Gasteiger partial charge in [-0.1, -0.05) is 13.8 Å². The van der Waals surface area contributed by atoms with Gasteiger partial charge >= 0.3 is 11.9 Å². The minimum atomic E-state index is -1.75. The molecular formula is C60H105N22O15S+3. The van der Waals surface area contributed by atoms with Gasteiger partial charge in [0.15, 0.2) is 6.04 Å². The number of amides is 12. The summed E-state index contributed by atoms with van der Waals surface area (Å²) in [4.78, 5) is 194. The number of hydrogen-bond acceptors (Lipinski definition) is 17. The smallest absolute Gasteiger partial charge is 0.338 e. The fourth-order valence-corrected chi connectivity index (χ4v) is 12.2. The highest BCUT2D eigenvalue weighted by molar-refractivity contribution is 7.98. The fraction of sp³-hybridized carbons (Fsp3) is 0.700. The summed E-state index contributed by atoms with van der Waals surface area (Å²) in [6.07, 6.45) is 7.65. The molecule has 12 amide bonds. The molecule has 1 aromatic rings. The summed E-state index contributed by atoms with van der Waals surface area (Å²) in [5, 5.41) is 43.6. The number of imidazole rings is 1. The van der Waals surface area contributed by atoms with Crippen molar-refractivity contribution >= 4 is 101 Å². The van der Waals surface area contributed by atoms with Crippen molar-refractivity contribution in [3.8, 4) is 0 Å². The lowest BCUT2D eigenvalue weighted by atomic mass is 10.0. The van der Waals surface area contributed by atoms with E-state index in [1.165, 1.54) is 39.0 Å². The van der Waals surface area contributed by atoms with Crippen LogP contribution in [0.15, 0.2) is 12.5 Å². The highest BCUT2D eigenvalue weighted by Gasteiger charge is 2.42. The van der Waals surface area contributed by atoms with Crippen molar-refractivity contribution in [1.29, 1.82) is 0 Å². The number of carbonyl (C=O) groups is 13. The highest BCUT2D eigenvalue weighted by Crippen LogP contribution is 2.23. The molecule has 0 aromatic carbocycles. The van der Waals surface area contributed by atoms with Gasteiger partial charge in [0.25, 0.3) is 5.91 Å². The van der Waals surface area contributed by atoms with Gasteiger partial charge < -0.3 is 94.4 Å². The Balaban J connectivity index is 1.50. The number of thioether (sulfide) groups is 1. The van der Waals surface area contributed by atoms with Crippen molar-refractivity contribution < 1.29 is 94.0 Å². The number of primary amides is 1. The van der Waals surface area contributed by atoms with Crippen LogP contribution in [0.5, 0.6) is 0 Å². The van der Waals surface area contributed by atoms with Crippen LogP contribution in [-0.2, 0) is 68.7 Å². The van der Waals surface area contributed by atoms with E-state index in [0.717, 1.165) is 0 Å². The maximum absolute atomic E-state index is 14.5. The van der Waals surface area contributed by atoms with Gasteiger partial charge in [0.2, 0.25) is 65.0 Å². The quantitative estimate of drug-likeness (QED) is 0.0164. The standard InChI is InChI=1S/C60H102N22O15S/c1-33(2)27-40(77-50(88)37(12-6-21-69-59(64)65)74-55(93)44-15-9-24-81(44)56(94)38(13-7-22-70-60(66)67)75-48(86)35(62)17-18-46(63)84)51(89)79-42(31-83)53(91)78-41(28-34-29-68-32-72-34)52(90)73-36(11-4-5-20-61)49(87)71-30-47(85)80-23-8-14-43(80)54(92)76-39(19-26-98-3)57(95)82-25-10-16-45(82)58(96)97/h29,32-33,35-45,83H,4-28,30-31,61-62H2,1-3H3,(H2,63,84)(H,68,72)(H,71,87)(H,73,90)(H,74,93)(H,75,86)(H,76,92)(H,77,88)(H,78,91)(H,79,89)(H,96,97)(H4,64,65,69)(H4,66,67,70)/p+3/t35-,36-,37-,38-,39-,40-,41-,42-,43-,44-,45-/m0/s1. The first kappa shape index (κ1) is 81.5. The number of nitrogens with two attached hydrogens (primary N) is 5. The maximum atomic E-state index is 14.5. The van der Waals surface area contributed by atoms with Crippen LogP contribution in [0.2, 0.25) is 0 Å². The Kier molecular flexibility index (Phi) is 35.0. The molecule has 98 heavy (non-hydrogen) atoms. The Morgan fingerprint density at radius 2 is 1.10 bits per heavy atom. The van der Waals surface area contributed by atoms with E-state index in [4.69, 9.17) is 28.7 Å². The molecular weight excluding hydrogens is 1300 g/mol. The monoisotopic (exact) mass is 1410 g/mol. The van der Waals surface area contributed by atoms with Crippen LogP contribution < -0.4 is 97.8 Å². The summed E-state index contributed by atoms with van der Waals surface area (Å²) in [6, 6.07) is -13.8. The number of nitrogens with one attached hydrogen (secondary N) is 11. The molecule has 548 valence electrons. The molecule has 28 N–H and O–H groups in total. The third-order valence-corrected chi connectivity index (χ3v) is 17.6. The molecule has 0 aliphatic carbocycles. The highest BCUT2D eigenvalue weighted by atomic mass is 32.2. The first-order chi connectivity index (χ1) is 46.6. The Bertz CT molecular complexity index is 2930. The molecule has 3 fully saturated rings. The molecule has 4 heterocycles. The molecule has 0 bridgehead atoms. The molecule has 0 saturated carbocycles. The molecule has 0 radical (unpaired) electrons. The number of aliphatic hydroxyl groups is 1. The van der Waals surface area contributed by atoms with Crippen molar-refractivity contribution in [3.05, 3.63) is 18.2 Å². The van der Waals surface area contributed by atoms with E-state index < -0.39 is 156 Å². The number of carboxylic acid groups (broad SMARTS) is 1. The van der Waals surface area contributed by atoms with Gasteiger partial charge in [-0.05, 0) is 114 Å². The Morgan fingerprint density at radius 1 is 0.622 bits per heavy atom. The van der Waals surface area contributed by atoms with Gasteiger partial charge in [-0.15, -0.1) is 0 Å². The average molecular weight is 1410 g/mol. The maximum Gasteiger partial charge on any atom is 0.338 e. The molecule has 0 unspecified atom stereocenters. The fourth-order valence-electron chi connectivity index (χ4n) is 11.7. The van der Waals surface area contributed by atoms with Gasteiger partial charge in [0, 0.05) is 50.8 Å². The molecule has 3 aliphatic heterocycles. The number of carbonyl (C=O) groups excluding carboxylic acids is 13. The second-order valence-electron chi connectivity index (χ2n) is 25.1. The number of hydrogen-bond donors (Lipinski definition) is 19. The molecule has 0 spiro atoms. The zero-order valence-electron chi connectivity index (χ0n) is 56.3. The number of aromatic nitrogens is 2. The van der Waals surface area contributed by atoms with E-state index in [-0.39, 0.29) is 134 Å². The molecule has 3 saturated heterocycles. The minimum Gasteiger partial charge on any atom is -0.548 e. The minimum absolute atomic E-state index is 0.0115. The Labute approximate surface area is 572 Å². The van der Waals surface area contributed by atoms with Gasteiger partial charge in [-0.3, -0.25) is 90.5 Å². The van der Waals surface area contributed by atoms with Crippen LogP contribution in [0.1, 0.15) is 129 Å². The van der Waals surface area contributed by atoms with E-state index in [9.17, 15) is 72.5 Å².